The molecule has 0 atom stereocenters. The van der Waals surface area contributed by atoms with Gasteiger partial charge in [-0.1, -0.05) is 13.8 Å². The molecule has 3 heteroatoms. The van der Waals surface area contributed by atoms with Gasteiger partial charge in [-0.3, -0.25) is 4.79 Å². The van der Waals surface area contributed by atoms with Crippen molar-refractivity contribution in [3.8, 4) is 0 Å². The molecule has 0 bridgehead atoms. The Kier molecular flexibility index (Phi) is 2.75. The average Bonchev–Trinajstić information content (AvgIpc) is 2.91. The Morgan fingerprint density at radius 3 is 2.53 bits per heavy atom. The quantitative estimate of drug-likeness (QED) is 0.763. The molecule has 2 rings (SSSR count). The summed E-state index contributed by atoms with van der Waals surface area (Å²) in [6.45, 7) is 5.41. The van der Waals surface area contributed by atoms with Crippen molar-refractivity contribution in [1.29, 1.82) is 0 Å². The van der Waals surface area contributed by atoms with E-state index in [2.05, 4.69) is 13.8 Å². The van der Waals surface area contributed by atoms with Gasteiger partial charge in [-0.05, 0) is 31.1 Å². The zero-order chi connectivity index (χ0) is 11.1. The predicted octanol–water partition coefficient (Wildman–Crippen LogP) is 1.41. The third-order valence-electron chi connectivity index (χ3n) is 3.55. The summed E-state index contributed by atoms with van der Waals surface area (Å²) in [7, 11) is 0. The summed E-state index contributed by atoms with van der Waals surface area (Å²) in [5.74, 6) is 1.28. The maximum absolute atomic E-state index is 11.7. The summed E-state index contributed by atoms with van der Waals surface area (Å²) in [4.78, 5) is 13.5. The fourth-order valence-corrected chi connectivity index (χ4v) is 2.24. The molecule has 86 valence electrons. The summed E-state index contributed by atoms with van der Waals surface area (Å²) in [6.07, 6.45) is 3.88. The number of nitrogens with zero attached hydrogens (tertiary/aromatic N) is 1. The predicted molar refractivity (Wildman–Crippen MR) is 58.3 cm³/mol. The lowest BCUT2D eigenvalue weighted by Crippen LogP contribution is -2.64. The van der Waals surface area contributed by atoms with Gasteiger partial charge in [-0.2, -0.15) is 0 Å². The molecular formula is C12H21NO2. The van der Waals surface area contributed by atoms with E-state index in [4.69, 9.17) is 0 Å². The fraction of sp³-hybridized carbons (Fsp3) is 0.917. The van der Waals surface area contributed by atoms with Crippen molar-refractivity contribution in [3.63, 3.8) is 0 Å². The minimum absolute atomic E-state index is 0.217. The van der Waals surface area contributed by atoms with E-state index in [1.807, 2.05) is 0 Å². The maximum Gasteiger partial charge on any atom is 0.222 e. The van der Waals surface area contributed by atoms with Gasteiger partial charge in [-0.25, -0.2) is 0 Å². The molecule has 15 heavy (non-hydrogen) atoms. The van der Waals surface area contributed by atoms with Crippen LogP contribution in [-0.4, -0.2) is 34.6 Å². The zero-order valence-corrected chi connectivity index (χ0v) is 9.70. The lowest BCUT2D eigenvalue weighted by Gasteiger charge is -2.47. The summed E-state index contributed by atoms with van der Waals surface area (Å²) < 4.78 is 0. The number of hydrogen-bond acceptors (Lipinski definition) is 2. The summed E-state index contributed by atoms with van der Waals surface area (Å²) in [6, 6.07) is 0. The number of likely N-dealkylation sites (tertiary alicyclic amines) is 1. The summed E-state index contributed by atoms with van der Waals surface area (Å²) in [5, 5.41) is 10.1. The van der Waals surface area contributed by atoms with Gasteiger partial charge in [0, 0.05) is 6.42 Å². The molecule has 0 spiro atoms. The topological polar surface area (TPSA) is 40.5 Å². The second-order valence-electron chi connectivity index (χ2n) is 5.56. The van der Waals surface area contributed by atoms with Gasteiger partial charge in [-0.15, -0.1) is 0 Å². The largest absolute Gasteiger partial charge is 0.386 e. The first-order valence-corrected chi connectivity index (χ1v) is 6.01. The lowest BCUT2D eigenvalue weighted by molar-refractivity contribution is -0.159. The van der Waals surface area contributed by atoms with Gasteiger partial charge in [0.1, 0.15) is 5.60 Å². The minimum atomic E-state index is -0.520. The zero-order valence-electron chi connectivity index (χ0n) is 9.70. The smallest absolute Gasteiger partial charge is 0.222 e. The molecule has 2 aliphatic rings. The van der Waals surface area contributed by atoms with Gasteiger partial charge in [0.25, 0.3) is 0 Å². The number of carbonyl (C=O) groups excluding carboxylic acids is 1. The van der Waals surface area contributed by atoms with Crippen LogP contribution < -0.4 is 0 Å². The van der Waals surface area contributed by atoms with E-state index in [0.29, 0.717) is 31.3 Å². The molecule has 2 fully saturated rings. The number of hydrogen-bond donors (Lipinski definition) is 1. The number of carbonyl (C=O) groups is 1. The summed E-state index contributed by atoms with van der Waals surface area (Å²) in [5.41, 5.74) is -0.520. The van der Waals surface area contributed by atoms with Crippen molar-refractivity contribution < 1.29 is 9.90 Å². The average molecular weight is 211 g/mol. The molecule has 3 nitrogen and oxygen atoms in total. The first kappa shape index (κ1) is 10.9. The van der Waals surface area contributed by atoms with Crippen LogP contribution in [0.4, 0.5) is 0 Å². The standard InChI is InChI=1S/C12H21NO2/c1-9(2)3-6-11(14)13-7-12(15,8-13)10-4-5-10/h9-10,15H,3-8H2,1-2H3. The first-order chi connectivity index (χ1) is 7.01. The number of aliphatic hydroxyl groups is 1. The van der Waals surface area contributed by atoms with Crippen LogP contribution in [0.2, 0.25) is 0 Å². The second kappa shape index (κ2) is 3.78. The molecule has 1 heterocycles. The molecule has 1 aliphatic carbocycles. The van der Waals surface area contributed by atoms with Crippen LogP contribution in [0.25, 0.3) is 0 Å². The molecule has 1 saturated heterocycles. The third-order valence-corrected chi connectivity index (χ3v) is 3.55. The highest BCUT2D eigenvalue weighted by atomic mass is 16.3. The van der Waals surface area contributed by atoms with E-state index in [1.165, 1.54) is 0 Å². The van der Waals surface area contributed by atoms with E-state index >= 15 is 0 Å². The van der Waals surface area contributed by atoms with Crippen molar-refractivity contribution in [2.75, 3.05) is 13.1 Å². The lowest BCUT2D eigenvalue weighted by atomic mass is 9.88. The van der Waals surface area contributed by atoms with Crippen molar-refractivity contribution in [3.05, 3.63) is 0 Å². The molecule has 1 saturated carbocycles. The van der Waals surface area contributed by atoms with E-state index in [0.717, 1.165) is 19.3 Å². The van der Waals surface area contributed by atoms with Crippen LogP contribution in [0.15, 0.2) is 0 Å². The van der Waals surface area contributed by atoms with Gasteiger partial charge >= 0.3 is 0 Å². The van der Waals surface area contributed by atoms with Crippen molar-refractivity contribution in [1.82, 2.24) is 4.90 Å². The highest BCUT2D eigenvalue weighted by Crippen LogP contribution is 2.44. The van der Waals surface area contributed by atoms with Crippen LogP contribution in [0, 0.1) is 11.8 Å². The Morgan fingerprint density at radius 2 is 2.07 bits per heavy atom. The van der Waals surface area contributed by atoms with Crippen LogP contribution in [0.1, 0.15) is 39.5 Å². The second-order valence-corrected chi connectivity index (χ2v) is 5.56. The molecule has 1 aliphatic heterocycles. The van der Waals surface area contributed by atoms with Crippen molar-refractivity contribution >= 4 is 5.91 Å². The molecule has 0 aromatic heterocycles. The van der Waals surface area contributed by atoms with E-state index in [1.54, 1.807) is 4.90 Å². The molecular weight excluding hydrogens is 190 g/mol. The van der Waals surface area contributed by atoms with Gasteiger partial charge < -0.3 is 10.0 Å². The maximum atomic E-state index is 11.7. The number of amides is 1. The number of rotatable bonds is 4. The fourth-order valence-electron chi connectivity index (χ4n) is 2.24. The first-order valence-electron chi connectivity index (χ1n) is 6.01. The normalized spacial score (nSPS) is 24.1. The van der Waals surface area contributed by atoms with Crippen LogP contribution in [0.5, 0.6) is 0 Å². The Morgan fingerprint density at radius 1 is 1.47 bits per heavy atom. The monoisotopic (exact) mass is 211 g/mol. The summed E-state index contributed by atoms with van der Waals surface area (Å²) >= 11 is 0. The number of β-amino-alcohol motifs (C(OH)–C–C–N with tert-alkyl or cyclic N) is 1. The molecule has 0 radical (unpaired) electrons. The van der Waals surface area contributed by atoms with Crippen molar-refractivity contribution in [2.45, 2.75) is 45.1 Å². The molecule has 1 N–H and O–H groups in total. The van der Waals surface area contributed by atoms with Gasteiger partial charge in [0.15, 0.2) is 0 Å². The van der Waals surface area contributed by atoms with Crippen LogP contribution in [-0.2, 0) is 4.79 Å². The van der Waals surface area contributed by atoms with E-state index < -0.39 is 5.60 Å². The molecule has 0 aromatic rings. The Hall–Kier alpha value is -0.570. The van der Waals surface area contributed by atoms with Crippen LogP contribution >= 0.6 is 0 Å². The Labute approximate surface area is 91.5 Å². The third kappa shape index (κ3) is 2.33. The van der Waals surface area contributed by atoms with Gasteiger partial charge in [0.05, 0.1) is 13.1 Å². The van der Waals surface area contributed by atoms with E-state index in [-0.39, 0.29) is 5.91 Å². The van der Waals surface area contributed by atoms with Crippen molar-refractivity contribution in [2.24, 2.45) is 11.8 Å². The van der Waals surface area contributed by atoms with E-state index in [9.17, 15) is 9.90 Å². The van der Waals surface area contributed by atoms with Gasteiger partial charge in [0.2, 0.25) is 5.91 Å². The Balaban J connectivity index is 1.71. The molecule has 0 unspecified atom stereocenters. The SMILES string of the molecule is CC(C)CCC(=O)N1CC(O)(C2CC2)C1. The Bertz CT molecular complexity index is 252. The van der Waals surface area contributed by atoms with Crippen LogP contribution in [0.3, 0.4) is 0 Å². The minimum Gasteiger partial charge on any atom is -0.386 e. The molecule has 0 aromatic carbocycles. The highest BCUT2D eigenvalue weighted by molar-refractivity contribution is 5.77. The highest BCUT2D eigenvalue weighted by Gasteiger charge is 2.52. The molecule has 1 amide bonds.